The second kappa shape index (κ2) is 7.47. The third-order valence-electron chi connectivity index (χ3n) is 2.34. The topological polar surface area (TPSA) is 97.1 Å². The number of unbranched alkanes of at least 4 members (excludes halogenated alkanes) is 1. The van der Waals surface area contributed by atoms with Crippen LogP contribution in [0, 0.1) is 4.77 Å². The minimum Gasteiger partial charge on any atom is -0.490 e. The van der Waals surface area contributed by atoms with E-state index >= 15 is 0 Å². The zero-order valence-corrected chi connectivity index (χ0v) is 11.5. The van der Waals surface area contributed by atoms with Crippen LogP contribution < -0.4 is 5.56 Å². The maximum Gasteiger partial charge on any atom is 0.372 e. The van der Waals surface area contributed by atoms with E-state index < -0.39 is 5.97 Å². The second-order valence-electron chi connectivity index (χ2n) is 3.61. The van der Waals surface area contributed by atoms with Crippen LogP contribution in [0.2, 0.25) is 0 Å². The molecule has 0 saturated carbocycles. The summed E-state index contributed by atoms with van der Waals surface area (Å²) in [7, 11) is 2.68. The minimum absolute atomic E-state index is 0.150. The first-order valence-electron chi connectivity index (χ1n) is 5.58. The van der Waals surface area contributed by atoms with E-state index in [-0.39, 0.29) is 16.1 Å². The molecule has 0 amide bonds. The van der Waals surface area contributed by atoms with Gasteiger partial charge >= 0.3 is 5.97 Å². The van der Waals surface area contributed by atoms with E-state index in [2.05, 4.69) is 19.9 Å². The Morgan fingerprint density at radius 3 is 2.74 bits per heavy atom. The van der Waals surface area contributed by atoms with Gasteiger partial charge in [-0.15, -0.1) is 0 Å². The van der Waals surface area contributed by atoms with Crippen LogP contribution >= 0.6 is 12.2 Å². The third kappa shape index (κ3) is 4.66. The first-order chi connectivity index (χ1) is 9.08. The number of hydrogen-bond donors (Lipinski definition) is 2. The number of aryl methyl sites for hydroxylation is 1. The molecule has 19 heavy (non-hydrogen) atoms. The molecule has 0 aliphatic heterocycles. The molecule has 0 aliphatic carbocycles. The van der Waals surface area contributed by atoms with Crippen LogP contribution in [0.1, 0.15) is 18.5 Å². The van der Waals surface area contributed by atoms with Gasteiger partial charge in [0, 0.05) is 0 Å². The first-order valence-corrected chi connectivity index (χ1v) is 5.99. The lowest BCUT2D eigenvalue weighted by Crippen LogP contribution is -2.16. The van der Waals surface area contributed by atoms with Crippen LogP contribution in [0.25, 0.3) is 0 Å². The Morgan fingerprint density at radius 2 is 2.16 bits per heavy atom. The molecule has 0 aliphatic rings. The maximum atomic E-state index is 11.5. The summed E-state index contributed by atoms with van der Waals surface area (Å²) in [6, 6.07) is 0. The molecule has 0 fully saturated rings. The van der Waals surface area contributed by atoms with Gasteiger partial charge in [-0.2, -0.15) is 5.10 Å². The van der Waals surface area contributed by atoms with Crippen LogP contribution in [0.5, 0.6) is 0 Å². The minimum atomic E-state index is -0.526. The van der Waals surface area contributed by atoms with Crippen molar-refractivity contribution in [2.45, 2.75) is 19.3 Å². The molecule has 0 atom stereocenters. The van der Waals surface area contributed by atoms with Gasteiger partial charge in [-0.1, -0.05) is 0 Å². The third-order valence-corrected chi connectivity index (χ3v) is 2.53. The van der Waals surface area contributed by atoms with Gasteiger partial charge in [-0.25, -0.2) is 4.79 Å². The molecule has 0 unspecified atom stereocenters. The Kier molecular flexibility index (Phi) is 5.94. The van der Waals surface area contributed by atoms with Gasteiger partial charge in [0.05, 0.1) is 14.2 Å². The summed E-state index contributed by atoms with van der Waals surface area (Å²) in [6.07, 6.45) is 3.29. The number of rotatable bonds is 6. The predicted molar refractivity (Wildman–Crippen MR) is 70.1 cm³/mol. The smallest absolute Gasteiger partial charge is 0.372 e. The summed E-state index contributed by atoms with van der Waals surface area (Å²) in [5, 5.41) is 6.37. The maximum absolute atomic E-state index is 11.5. The zero-order chi connectivity index (χ0) is 14.3. The molecule has 2 N–H and O–H groups in total. The number of nitrogens with one attached hydrogen (secondary N) is 2. The van der Waals surface area contributed by atoms with Crippen molar-refractivity contribution in [2.75, 3.05) is 14.2 Å². The van der Waals surface area contributed by atoms with Crippen molar-refractivity contribution in [2.24, 2.45) is 0 Å². The van der Waals surface area contributed by atoms with Crippen molar-refractivity contribution in [3.05, 3.63) is 32.7 Å². The summed E-state index contributed by atoms with van der Waals surface area (Å²) in [4.78, 5) is 25.1. The Bertz CT molecular complexity index is 576. The number of methoxy groups -OCH3 is 2. The van der Waals surface area contributed by atoms with E-state index in [0.717, 1.165) is 0 Å². The van der Waals surface area contributed by atoms with E-state index in [0.29, 0.717) is 25.0 Å². The predicted octanol–water partition coefficient (Wildman–Crippen LogP) is 0.853. The molecule has 104 valence electrons. The van der Waals surface area contributed by atoms with Crippen LogP contribution in [0.3, 0.4) is 0 Å². The Hall–Kier alpha value is -1.96. The van der Waals surface area contributed by atoms with Crippen molar-refractivity contribution < 1.29 is 14.3 Å². The number of hydrogen-bond acceptors (Lipinski definition) is 6. The summed E-state index contributed by atoms with van der Waals surface area (Å²) in [6.45, 7) is 0. The fourth-order valence-electron chi connectivity index (χ4n) is 1.39. The van der Waals surface area contributed by atoms with Crippen molar-refractivity contribution >= 4 is 18.2 Å². The lowest BCUT2D eigenvalue weighted by molar-refractivity contribution is -0.139. The highest BCUT2D eigenvalue weighted by atomic mass is 32.1. The highest BCUT2D eigenvalue weighted by molar-refractivity contribution is 7.71. The number of esters is 1. The molecule has 8 heteroatoms. The SMILES string of the molecule is COC(=O)/C(=C/CCCc1n[nH]c(=S)[nH]c1=O)OC. The van der Waals surface area contributed by atoms with Gasteiger partial charge in [-0.05, 0) is 37.6 Å². The summed E-state index contributed by atoms with van der Waals surface area (Å²) >= 11 is 4.74. The highest BCUT2D eigenvalue weighted by Gasteiger charge is 2.08. The standard InChI is InChI=1S/C11H15N3O4S/c1-17-8(10(16)18-2)6-4-3-5-7-9(15)12-11(19)14-13-7/h6H,3-5H2,1-2H3,(H2,12,14,15,19)/b8-6-. The fourth-order valence-corrected chi connectivity index (χ4v) is 1.53. The van der Waals surface area contributed by atoms with E-state index in [1.165, 1.54) is 14.2 Å². The number of ether oxygens (including phenoxy) is 2. The van der Waals surface area contributed by atoms with Crippen LogP contribution in [0.4, 0.5) is 0 Å². The molecule has 1 aromatic rings. The van der Waals surface area contributed by atoms with Crippen molar-refractivity contribution in [3.63, 3.8) is 0 Å². The number of allylic oxidation sites excluding steroid dienone is 1. The fraction of sp³-hybridized carbons (Fsp3) is 0.455. The monoisotopic (exact) mass is 285 g/mol. The lowest BCUT2D eigenvalue weighted by Gasteiger charge is -2.03. The molecule has 0 spiro atoms. The number of nitrogens with zero attached hydrogens (tertiary/aromatic N) is 1. The second-order valence-corrected chi connectivity index (χ2v) is 4.02. The zero-order valence-electron chi connectivity index (χ0n) is 10.7. The molecule has 0 aromatic carbocycles. The van der Waals surface area contributed by atoms with Crippen molar-refractivity contribution in [3.8, 4) is 0 Å². The van der Waals surface area contributed by atoms with Gasteiger partial charge in [-0.3, -0.25) is 14.9 Å². The first kappa shape index (κ1) is 15.1. The van der Waals surface area contributed by atoms with E-state index in [1.54, 1.807) is 6.08 Å². The summed E-state index contributed by atoms with van der Waals surface area (Å²) < 4.78 is 9.61. The van der Waals surface area contributed by atoms with Crippen LogP contribution in [0.15, 0.2) is 16.6 Å². The molecule has 1 rings (SSSR count). The number of aromatic nitrogens is 3. The van der Waals surface area contributed by atoms with Gasteiger partial charge in [0.25, 0.3) is 5.56 Å². The molecule has 1 heterocycles. The normalized spacial score (nSPS) is 11.2. The summed E-state index contributed by atoms with van der Waals surface area (Å²) in [5.41, 5.74) is 0.0756. The molecule has 0 bridgehead atoms. The molecule has 7 nitrogen and oxygen atoms in total. The number of aromatic amines is 2. The number of carbonyl (C=O) groups is 1. The van der Waals surface area contributed by atoms with E-state index in [9.17, 15) is 9.59 Å². The van der Waals surface area contributed by atoms with Gasteiger partial charge < -0.3 is 9.47 Å². The van der Waals surface area contributed by atoms with Crippen LogP contribution in [-0.2, 0) is 20.7 Å². The Labute approximate surface area is 114 Å². The average Bonchev–Trinajstić information content (AvgIpc) is 2.40. The van der Waals surface area contributed by atoms with Crippen molar-refractivity contribution in [1.82, 2.24) is 15.2 Å². The molecule has 1 aromatic heterocycles. The number of carbonyl (C=O) groups excluding carboxylic acids is 1. The molecular weight excluding hydrogens is 270 g/mol. The molecule has 0 saturated heterocycles. The number of H-pyrrole nitrogens is 2. The van der Waals surface area contributed by atoms with Gasteiger partial charge in [0.2, 0.25) is 0 Å². The van der Waals surface area contributed by atoms with E-state index in [1.807, 2.05) is 0 Å². The van der Waals surface area contributed by atoms with E-state index in [4.69, 9.17) is 17.0 Å². The lowest BCUT2D eigenvalue weighted by atomic mass is 10.2. The van der Waals surface area contributed by atoms with Gasteiger partial charge in [0.1, 0.15) is 5.69 Å². The molecule has 0 radical (unpaired) electrons. The van der Waals surface area contributed by atoms with Crippen LogP contribution in [-0.4, -0.2) is 35.4 Å². The van der Waals surface area contributed by atoms with Crippen molar-refractivity contribution in [1.29, 1.82) is 0 Å². The largest absolute Gasteiger partial charge is 0.490 e. The molecular formula is C11H15N3O4S. The summed E-state index contributed by atoms with van der Waals surface area (Å²) in [5.74, 6) is -0.376. The van der Waals surface area contributed by atoms with Gasteiger partial charge in [0.15, 0.2) is 10.5 Å². The Morgan fingerprint density at radius 1 is 1.42 bits per heavy atom. The Balaban J connectivity index is 2.54. The highest BCUT2D eigenvalue weighted by Crippen LogP contribution is 2.04. The average molecular weight is 285 g/mol. The quantitative estimate of drug-likeness (QED) is 0.264.